The summed E-state index contributed by atoms with van der Waals surface area (Å²) in [6.45, 7) is 3.07. The number of aliphatic imine (C=N–C) groups is 1. The number of nitrogens with zero attached hydrogens (tertiary/aromatic N) is 2. The summed E-state index contributed by atoms with van der Waals surface area (Å²) < 4.78 is 15.1. The molecule has 2 atom stereocenters. The Balaban J connectivity index is 1.89. The molecular formula is C22H22N2O6. The van der Waals surface area contributed by atoms with Gasteiger partial charge in [0.15, 0.2) is 0 Å². The van der Waals surface area contributed by atoms with Gasteiger partial charge in [-0.3, -0.25) is 14.6 Å². The number of allylic oxidation sites excluding steroid dienone is 1. The van der Waals surface area contributed by atoms with Crippen LogP contribution in [0.25, 0.3) is 10.9 Å². The minimum Gasteiger partial charge on any atom is -0.468 e. The molecule has 2 unspecified atom stereocenters. The van der Waals surface area contributed by atoms with Crippen molar-refractivity contribution in [2.24, 2.45) is 16.8 Å². The van der Waals surface area contributed by atoms with Crippen LogP contribution in [0.15, 0.2) is 52.7 Å². The van der Waals surface area contributed by atoms with E-state index < -0.39 is 29.7 Å². The van der Waals surface area contributed by atoms with Crippen LogP contribution in [0.4, 0.5) is 0 Å². The third-order valence-corrected chi connectivity index (χ3v) is 4.96. The largest absolute Gasteiger partial charge is 0.468 e. The van der Waals surface area contributed by atoms with Gasteiger partial charge in [0.2, 0.25) is 0 Å². The number of aromatic nitrogens is 1. The maximum atomic E-state index is 13.0. The Morgan fingerprint density at radius 1 is 0.933 bits per heavy atom. The predicted octanol–water partition coefficient (Wildman–Crippen LogP) is 2.60. The fourth-order valence-electron chi connectivity index (χ4n) is 3.52. The molecule has 0 saturated carbocycles. The zero-order valence-electron chi connectivity index (χ0n) is 17.2. The third kappa shape index (κ3) is 4.07. The number of rotatable bonds is 5. The van der Waals surface area contributed by atoms with Crippen LogP contribution in [0.5, 0.6) is 0 Å². The van der Waals surface area contributed by atoms with Crippen molar-refractivity contribution in [1.29, 1.82) is 0 Å². The normalized spacial score (nSPS) is 18.6. The van der Waals surface area contributed by atoms with Crippen LogP contribution in [0.1, 0.15) is 19.5 Å². The highest BCUT2D eigenvalue weighted by Gasteiger charge is 2.46. The molecule has 0 aliphatic carbocycles. The van der Waals surface area contributed by atoms with Crippen LogP contribution in [-0.2, 0) is 35.2 Å². The minimum absolute atomic E-state index is 0.0185. The quantitative estimate of drug-likeness (QED) is 0.551. The summed E-state index contributed by atoms with van der Waals surface area (Å²) in [6.07, 6.45) is 0. The van der Waals surface area contributed by atoms with Crippen molar-refractivity contribution in [3.05, 3.63) is 53.4 Å². The van der Waals surface area contributed by atoms with E-state index in [1.807, 2.05) is 30.3 Å². The average molecular weight is 410 g/mol. The van der Waals surface area contributed by atoms with E-state index in [0.29, 0.717) is 17.1 Å². The van der Waals surface area contributed by atoms with Crippen LogP contribution in [-0.4, -0.2) is 42.8 Å². The van der Waals surface area contributed by atoms with E-state index in [1.165, 1.54) is 14.2 Å². The van der Waals surface area contributed by atoms with E-state index in [1.54, 1.807) is 19.9 Å². The van der Waals surface area contributed by atoms with Gasteiger partial charge in [0.25, 0.3) is 0 Å². The van der Waals surface area contributed by atoms with Crippen LogP contribution >= 0.6 is 0 Å². The van der Waals surface area contributed by atoms with Crippen molar-refractivity contribution in [3.63, 3.8) is 0 Å². The van der Waals surface area contributed by atoms with Gasteiger partial charge >= 0.3 is 17.9 Å². The first-order valence-electron chi connectivity index (χ1n) is 9.30. The number of carbonyl (C=O) groups is 3. The zero-order chi connectivity index (χ0) is 21.8. The molecule has 0 saturated heterocycles. The van der Waals surface area contributed by atoms with Crippen molar-refractivity contribution in [2.45, 2.75) is 20.5 Å². The predicted molar refractivity (Wildman–Crippen MR) is 108 cm³/mol. The molecule has 0 spiro atoms. The summed E-state index contributed by atoms with van der Waals surface area (Å²) in [6, 6.07) is 11.2. The molecule has 1 aromatic heterocycles. The van der Waals surface area contributed by atoms with E-state index >= 15 is 0 Å². The van der Waals surface area contributed by atoms with Crippen molar-refractivity contribution in [2.75, 3.05) is 14.2 Å². The number of fused-ring (bicyclic) bond motifs is 1. The molecule has 30 heavy (non-hydrogen) atoms. The van der Waals surface area contributed by atoms with Gasteiger partial charge in [0, 0.05) is 16.8 Å². The van der Waals surface area contributed by atoms with E-state index in [-0.39, 0.29) is 12.2 Å². The highest BCUT2D eigenvalue weighted by Crippen LogP contribution is 2.33. The number of esters is 3. The van der Waals surface area contributed by atoms with Gasteiger partial charge in [-0.05, 0) is 26.0 Å². The van der Waals surface area contributed by atoms with Crippen LogP contribution in [0, 0.1) is 11.8 Å². The van der Waals surface area contributed by atoms with Gasteiger partial charge < -0.3 is 14.2 Å². The lowest BCUT2D eigenvalue weighted by Crippen LogP contribution is -2.42. The Kier molecular flexibility index (Phi) is 6.25. The molecule has 156 valence electrons. The second-order valence-corrected chi connectivity index (χ2v) is 6.83. The van der Waals surface area contributed by atoms with E-state index in [9.17, 15) is 14.4 Å². The highest BCUT2D eigenvalue weighted by molar-refractivity contribution is 6.10. The number of hydrogen-bond donors (Lipinski definition) is 0. The molecule has 0 amide bonds. The molecule has 2 aromatic rings. The Morgan fingerprint density at radius 3 is 2.37 bits per heavy atom. The fraction of sp³-hybridized carbons (Fsp3) is 0.318. The standard InChI is InChI=1S/C22H22N2O6/c1-12-17(20(25)28-3)19(18(13(2)23-12)21(26)29-4)22(27)30-11-15-10-9-14-7-5-6-8-16(14)24-15/h5-10,17,19H,11H2,1-4H3. The lowest BCUT2D eigenvalue weighted by atomic mass is 9.80. The molecule has 1 aliphatic heterocycles. The van der Waals surface area contributed by atoms with Gasteiger partial charge in [0.05, 0.1) is 31.0 Å². The molecule has 3 rings (SSSR count). The Labute approximate surface area is 173 Å². The van der Waals surface area contributed by atoms with E-state index in [4.69, 9.17) is 14.2 Å². The SMILES string of the molecule is COC(=O)C1=C(C)N=C(C)C(C(=O)OC)C1C(=O)OCc1ccc2ccccc2n1. The lowest BCUT2D eigenvalue weighted by Gasteiger charge is -2.29. The molecular weight excluding hydrogens is 388 g/mol. The van der Waals surface area contributed by atoms with Crippen LogP contribution in [0.2, 0.25) is 0 Å². The molecule has 2 heterocycles. The number of pyridine rings is 1. The highest BCUT2D eigenvalue weighted by atomic mass is 16.5. The third-order valence-electron chi connectivity index (χ3n) is 4.96. The number of methoxy groups -OCH3 is 2. The fourth-order valence-corrected chi connectivity index (χ4v) is 3.52. The topological polar surface area (TPSA) is 104 Å². The Bertz CT molecular complexity index is 1070. The molecule has 0 N–H and O–H groups in total. The van der Waals surface area contributed by atoms with Crippen LogP contribution < -0.4 is 0 Å². The summed E-state index contributed by atoms with van der Waals surface area (Å²) >= 11 is 0. The monoisotopic (exact) mass is 410 g/mol. The maximum absolute atomic E-state index is 13.0. The zero-order valence-corrected chi connectivity index (χ0v) is 17.2. The molecule has 0 bridgehead atoms. The number of carbonyl (C=O) groups excluding carboxylic acids is 3. The van der Waals surface area contributed by atoms with Gasteiger partial charge in [0.1, 0.15) is 18.4 Å². The Hall–Kier alpha value is -3.55. The Morgan fingerprint density at radius 2 is 1.67 bits per heavy atom. The molecule has 8 heteroatoms. The average Bonchev–Trinajstić information content (AvgIpc) is 2.75. The van der Waals surface area contributed by atoms with Gasteiger partial charge in [-0.2, -0.15) is 0 Å². The van der Waals surface area contributed by atoms with E-state index in [0.717, 1.165) is 10.9 Å². The lowest BCUT2D eigenvalue weighted by molar-refractivity contribution is -0.157. The van der Waals surface area contributed by atoms with Gasteiger partial charge in [-0.15, -0.1) is 0 Å². The van der Waals surface area contributed by atoms with Gasteiger partial charge in [-0.1, -0.05) is 24.3 Å². The minimum atomic E-state index is -1.22. The molecule has 0 fully saturated rings. The first-order valence-corrected chi connectivity index (χ1v) is 9.30. The van der Waals surface area contributed by atoms with Crippen molar-refractivity contribution < 1.29 is 28.6 Å². The summed E-state index contributed by atoms with van der Waals surface area (Å²) in [4.78, 5) is 46.5. The second kappa shape index (κ2) is 8.86. The molecule has 0 radical (unpaired) electrons. The first-order chi connectivity index (χ1) is 14.4. The van der Waals surface area contributed by atoms with Crippen molar-refractivity contribution in [3.8, 4) is 0 Å². The maximum Gasteiger partial charge on any atom is 0.336 e. The second-order valence-electron chi connectivity index (χ2n) is 6.83. The van der Waals surface area contributed by atoms with Gasteiger partial charge in [-0.25, -0.2) is 9.78 Å². The van der Waals surface area contributed by atoms with E-state index in [2.05, 4.69) is 9.98 Å². The summed E-state index contributed by atoms with van der Waals surface area (Å²) in [5.74, 6) is -4.48. The summed E-state index contributed by atoms with van der Waals surface area (Å²) in [5, 5.41) is 0.962. The number of hydrogen-bond acceptors (Lipinski definition) is 8. The van der Waals surface area contributed by atoms with Crippen molar-refractivity contribution in [1.82, 2.24) is 4.98 Å². The molecule has 8 nitrogen and oxygen atoms in total. The first kappa shape index (κ1) is 21.2. The smallest absolute Gasteiger partial charge is 0.336 e. The number of benzene rings is 1. The summed E-state index contributed by atoms with van der Waals surface area (Å²) in [5.41, 5.74) is 1.95. The van der Waals surface area contributed by atoms with Crippen molar-refractivity contribution >= 4 is 34.5 Å². The number of ether oxygens (including phenoxy) is 3. The van der Waals surface area contributed by atoms with Crippen LogP contribution in [0.3, 0.4) is 0 Å². The molecule has 1 aromatic carbocycles. The molecule has 1 aliphatic rings. The summed E-state index contributed by atoms with van der Waals surface area (Å²) in [7, 11) is 2.41. The number of para-hydroxylation sites is 1.